The van der Waals surface area contributed by atoms with Crippen LogP contribution in [0.15, 0.2) is 6.07 Å². The summed E-state index contributed by atoms with van der Waals surface area (Å²) in [6.07, 6.45) is 3.61. The van der Waals surface area contributed by atoms with E-state index in [2.05, 4.69) is 12.0 Å². The fraction of sp³-hybridized carbons (Fsp3) is 0.625. The molecular formula is C8H15N3S. The standard InChI is InChI=1S/C8H15N3S/c1-2-3-4-5-11-7(9)6-8(12)10-11/h6H,2-5,9H2,1H3,(H,10,12). The van der Waals surface area contributed by atoms with Crippen molar-refractivity contribution < 1.29 is 0 Å². The highest BCUT2D eigenvalue weighted by atomic mass is 32.1. The van der Waals surface area contributed by atoms with Crippen molar-refractivity contribution in [2.24, 2.45) is 0 Å². The molecule has 12 heavy (non-hydrogen) atoms. The van der Waals surface area contributed by atoms with Crippen LogP contribution >= 0.6 is 12.2 Å². The largest absolute Gasteiger partial charge is 0.384 e. The predicted molar refractivity (Wildman–Crippen MR) is 53.6 cm³/mol. The fourth-order valence-corrected chi connectivity index (χ4v) is 1.38. The molecule has 1 aromatic rings. The molecule has 0 aliphatic heterocycles. The first-order chi connectivity index (χ1) is 5.74. The monoisotopic (exact) mass is 185 g/mol. The first-order valence-electron chi connectivity index (χ1n) is 4.29. The average Bonchev–Trinajstić information content (AvgIpc) is 2.31. The third-order valence-corrected chi connectivity index (χ3v) is 2.03. The second-order valence-electron chi connectivity index (χ2n) is 2.90. The number of nitrogens with one attached hydrogen (secondary N) is 1. The first kappa shape index (κ1) is 9.32. The molecule has 0 saturated carbocycles. The van der Waals surface area contributed by atoms with Gasteiger partial charge in [0.2, 0.25) is 0 Å². The Morgan fingerprint density at radius 2 is 2.33 bits per heavy atom. The molecule has 0 aromatic carbocycles. The summed E-state index contributed by atoms with van der Waals surface area (Å²) in [5, 5.41) is 3.01. The number of rotatable bonds is 4. The maximum atomic E-state index is 5.69. The lowest BCUT2D eigenvalue weighted by Crippen LogP contribution is -2.04. The average molecular weight is 185 g/mol. The van der Waals surface area contributed by atoms with Crippen LogP contribution < -0.4 is 5.73 Å². The molecule has 0 amide bonds. The maximum absolute atomic E-state index is 5.69. The van der Waals surface area contributed by atoms with Gasteiger partial charge >= 0.3 is 0 Å². The summed E-state index contributed by atoms with van der Waals surface area (Å²) in [4.78, 5) is 0. The quantitative estimate of drug-likeness (QED) is 0.558. The molecule has 0 saturated heterocycles. The number of anilines is 1. The van der Waals surface area contributed by atoms with E-state index in [0.29, 0.717) is 4.64 Å². The summed E-state index contributed by atoms with van der Waals surface area (Å²) in [7, 11) is 0. The van der Waals surface area contributed by atoms with Gasteiger partial charge in [0.25, 0.3) is 0 Å². The minimum Gasteiger partial charge on any atom is -0.384 e. The van der Waals surface area contributed by atoms with Crippen LogP contribution in [0.1, 0.15) is 26.2 Å². The van der Waals surface area contributed by atoms with E-state index in [4.69, 9.17) is 18.0 Å². The third-order valence-electron chi connectivity index (χ3n) is 1.82. The van der Waals surface area contributed by atoms with Gasteiger partial charge in [-0.05, 0) is 6.42 Å². The molecule has 3 N–H and O–H groups in total. The van der Waals surface area contributed by atoms with Gasteiger partial charge in [0.05, 0.1) is 0 Å². The molecule has 0 aliphatic carbocycles. The number of hydrogen-bond acceptors (Lipinski definition) is 2. The van der Waals surface area contributed by atoms with Crippen LogP contribution in [-0.2, 0) is 6.54 Å². The van der Waals surface area contributed by atoms with E-state index < -0.39 is 0 Å². The van der Waals surface area contributed by atoms with Crippen molar-refractivity contribution in [2.75, 3.05) is 5.73 Å². The van der Waals surface area contributed by atoms with Crippen molar-refractivity contribution >= 4 is 18.0 Å². The molecule has 0 radical (unpaired) electrons. The van der Waals surface area contributed by atoms with E-state index in [1.54, 1.807) is 6.07 Å². The third kappa shape index (κ3) is 2.37. The van der Waals surface area contributed by atoms with Crippen LogP contribution in [0.2, 0.25) is 0 Å². The Balaban J connectivity index is 2.51. The Morgan fingerprint density at radius 3 is 2.83 bits per heavy atom. The Bertz CT molecular complexity index is 287. The van der Waals surface area contributed by atoms with Crippen LogP contribution in [0.4, 0.5) is 5.82 Å². The SMILES string of the molecule is CCCCCn1[nH]c(=S)cc1N. The van der Waals surface area contributed by atoms with Crippen molar-refractivity contribution in [3.63, 3.8) is 0 Å². The Labute approximate surface area is 77.6 Å². The second-order valence-corrected chi connectivity index (χ2v) is 3.34. The Hall–Kier alpha value is -0.770. The summed E-state index contributed by atoms with van der Waals surface area (Å²) < 4.78 is 2.61. The van der Waals surface area contributed by atoms with E-state index in [1.165, 1.54) is 12.8 Å². The smallest absolute Gasteiger partial charge is 0.121 e. The number of nitrogens with two attached hydrogens (primary N) is 1. The molecule has 1 aromatic heterocycles. The molecule has 1 heterocycles. The highest BCUT2D eigenvalue weighted by molar-refractivity contribution is 7.71. The molecule has 0 fully saturated rings. The number of hydrogen-bond donors (Lipinski definition) is 2. The molecule has 0 atom stereocenters. The normalized spacial score (nSPS) is 10.4. The zero-order chi connectivity index (χ0) is 8.97. The van der Waals surface area contributed by atoms with Gasteiger partial charge in [-0.25, -0.2) is 0 Å². The van der Waals surface area contributed by atoms with Gasteiger partial charge in [0, 0.05) is 12.6 Å². The highest BCUT2D eigenvalue weighted by Gasteiger charge is 1.96. The van der Waals surface area contributed by atoms with Crippen molar-refractivity contribution in [3.05, 3.63) is 10.7 Å². The lowest BCUT2D eigenvalue weighted by atomic mass is 10.2. The van der Waals surface area contributed by atoms with Crippen molar-refractivity contribution in [2.45, 2.75) is 32.7 Å². The van der Waals surface area contributed by atoms with Crippen molar-refractivity contribution in [1.29, 1.82) is 0 Å². The van der Waals surface area contributed by atoms with Gasteiger partial charge in [0.15, 0.2) is 0 Å². The lowest BCUT2D eigenvalue weighted by Gasteiger charge is -2.03. The van der Waals surface area contributed by atoms with E-state index in [9.17, 15) is 0 Å². The van der Waals surface area contributed by atoms with Gasteiger partial charge in [-0.1, -0.05) is 32.0 Å². The van der Waals surface area contributed by atoms with E-state index >= 15 is 0 Å². The van der Waals surface area contributed by atoms with Gasteiger partial charge < -0.3 is 5.73 Å². The van der Waals surface area contributed by atoms with E-state index in [-0.39, 0.29) is 0 Å². The molecule has 3 nitrogen and oxygen atoms in total. The number of aromatic nitrogens is 2. The molecule has 0 spiro atoms. The van der Waals surface area contributed by atoms with Gasteiger partial charge in [-0.2, -0.15) is 0 Å². The number of H-pyrrole nitrogens is 1. The molecule has 4 heteroatoms. The number of nitrogen functional groups attached to an aromatic ring is 1. The summed E-state index contributed by atoms with van der Waals surface area (Å²) >= 11 is 4.94. The first-order valence-corrected chi connectivity index (χ1v) is 4.70. The molecule has 0 aliphatic rings. The van der Waals surface area contributed by atoms with Crippen LogP contribution in [0.3, 0.4) is 0 Å². The van der Waals surface area contributed by atoms with Crippen LogP contribution in [0.25, 0.3) is 0 Å². The second kappa shape index (κ2) is 4.30. The van der Waals surface area contributed by atoms with E-state index in [0.717, 1.165) is 18.8 Å². The summed E-state index contributed by atoms with van der Waals surface area (Å²) in [5.74, 6) is 0.733. The summed E-state index contributed by atoms with van der Waals surface area (Å²) in [5.41, 5.74) is 5.69. The van der Waals surface area contributed by atoms with Crippen LogP contribution in [0, 0.1) is 4.64 Å². The topological polar surface area (TPSA) is 46.7 Å². The molecule has 0 unspecified atom stereocenters. The van der Waals surface area contributed by atoms with Gasteiger partial charge in [0.1, 0.15) is 10.5 Å². The van der Waals surface area contributed by atoms with Crippen molar-refractivity contribution in [1.82, 2.24) is 9.78 Å². The minimum atomic E-state index is 0.712. The zero-order valence-corrected chi connectivity index (χ0v) is 8.16. The lowest BCUT2D eigenvalue weighted by molar-refractivity contribution is 0.558. The van der Waals surface area contributed by atoms with Gasteiger partial charge in [-0.3, -0.25) is 9.78 Å². The number of unbranched alkanes of at least 4 members (excludes halogenated alkanes) is 2. The minimum absolute atomic E-state index is 0.712. The molecular weight excluding hydrogens is 170 g/mol. The predicted octanol–water partition coefficient (Wildman–Crippen LogP) is 2.32. The van der Waals surface area contributed by atoms with Crippen LogP contribution in [0.5, 0.6) is 0 Å². The Morgan fingerprint density at radius 1 is 1.58 bits per heavy atom. The molecule has 1 rings (SSSR count). The maximum Gasteiger partial charge on any atom is 0.121 e. The number of nitrogens with zero attached hydrogens (tertiary/aromatic N) is 1. The molecule has 0 bridgehead atoms. The van der Waals surface area contributed by atoms with Crippen molar-refractivity contribution in [3.8, 4) is 0 Å². The highest BCUT2D eigenvalue weighted by Crippen LogP contribution is 2.05. The number of aromatic amines is 1. The van der Waals surface area contributed by atoms with Gasteiger partial charge in [-0.15, -0.1) is 0 Å². The Kier molecular flexibility index (Phi) is 3.34. The summed E-state index contributed by atoms with van der Waals surface area (Å²) in [6, 6.07) is 1.78. The van der Waals surface area contributed by atoms with Crippen LogP contribution in [-0.4, -0.2) is 9.78 Å². The number of aryl methyl sites for hydroxylation is 1. The van der Waals surface area contributed by atoms with E-state index in [1.807, 2.05) is 4.68 Å². The summed E-state index contributed by atoms with van der Waals surface area (Å²) in [6.45, 7) is 3.12. The fourth-order valence-electron chi connectivity index (χ4n) is 1.15. The zero-order valence-electron chi connectivity index (χ0n) is 7.34. The molecule has 68 valence electrons.